The van der Waals surface area contributed by atoms with Crippen LogP contribution in [0.4, 0.5) is 5.69 Å². The second-order valence-electron chi connectivity index (χ2n) is 12.2. The monoisotopic (exact) mass is 759 g/mol. The van der Waals surface area contributed by atoms with Crippen molar-refractivity contribution in [2.24, 2.45) is 0 Å². The molecular formula is C37H37Cl4N3O4S. The molecule has 0 saturated heterocycles. The molecule has 0 bridgehead atoms. The highest BCUT2D eigenvalue weighted by Crippen LogP contribution is 2.34. The van der Waals surface area contributed by atoms with Gasteiger partial charge in [0.1, 0.15) is 12.6 Å². The van der Waals surface area contributed by atoms with Crippen LogP contribution in [-0.2, 0) is 32.6 Å². The van der Waals surface area contributed by atoms with E-state index >= 15 is 0 Å². The van der Waals surface area contributed by atoms with Crippen LogP contribution in [0, 0.1) is 6.92 Å². The molecule has 7 nitrogen and oxygen atoms in total. The van der Waals surface area contributed by atoms with Crippen LogP contribution in [0.5, 0.6) is 0 Å². The molecular weight excluding hydrogens is 724 g/mol. The summed E-state index contributed by atoms with van der Waals surface area (Å²) in [6, 6.07) is 24.0. The zero-order chi connectivity index (χ0) is 35.1. The Balaban J connectivity index is 1.60. The third kappa shape index (κ3) is 9.50. The Bertz CT molecular complexity index is 1890. The summed E-state index contributed by atoms with van der Waals surface area (Å²) in [5.74, 6) is -0.972. The Morgan fingerprint density at radius 2 is 1.47 bits per heavy atom. The molecule has 1 aliphatic rings. The number of nitrogens with zero attached hydrogens (tertiary/aromatic N) is 2. The van der Waals surface area contributed by atoms with Gasteiger partial charge in [0.25, 0.3) is 10.0 Å². The van der Waals surface area contributed by atoms with Crippen LogP contribution in [0.25, 0.3) is 0 Å². The number of sulfonamides is 1. The quantitative estimate of drug-likeness (QED) is 0.156. The number of halogens is 4. The van der Waals surface area contributed by atoms with E-state index in [9.17, 15) is 18.0 Å². The first-order valence-electron chi connectivity index (χ1n) is 16.0. The van der Waals surface area contributed by atoms with Gasteiger partial charge in [0.15, 0.2) is 0 Å². The van der Waals surface area contributed by atoms with Gasteiger partial charge in [-0.1, -0.05) is 120 Å². The van der Waals surface area contributed by atoms with Crippen molar-refractivity contribution in [3.63, 3.8) is 0 Å². The third-order valence-electron chi connectivity index (χ3n) is 8.64. The SMILES string of the molecule is Cc1ccc(S(=O)(=O)N(CC(=O)N(Cc2ccc(Cl)cc2Cl)C(Cc2ccccc2)C(=O)NC2CCCCC2)c2cc(Cl)ccc2Cl)cc1. The van der Waals surface area contributed by atoms with E-state index < -0.39 is 28.5 Å². The van der Waals surface area contributed by atoms with Crippen molar-refractivity contribution in [1.82, 2.24) is 10.2 Å². The van der Waals surface area contributed by atoms with Crippen LogP contribution in [-0.4, -0.2) is 43.8 Å². The van der Waals surface area contributed by atoms with Crippen LogP contribution in [0.15, 0.2) is 95.9 Å². The van der Waals surface area contributed by atoms with Gasteiger partial charge in [0.2, 0.25) is 11.8 Å². The molecule has 1 atom stereocenters. The smallest absolute Gasteiger partial charge is 0.264 e. The standard InChI is InChI=1S/C37H37Cl4N3O4S/c1-25-12-17-31(18-13-25)49(47,48)44(34-22-29(39)16-19-32(34)40)24-36(45)43(23-27-14-15-28(38)21-33(27)41)35(20-26-8-4-2-5-9-26)37(46)42-30-10-6-3-7-11-30/h2,4-5,8-9,12-19,21-22,30,35H,3,6-7,10-11,20,23-24H2,1H3,(H,42,46). The molecule has 5 rings (SSSR count). The van der Waals surface area contributed by atoms with Gasteiger partial charge in [-0.2, -0.15) is 0 Å². The number of carbonyl (C=O) groups is 2. The van der Waals surface area contributed by atoms with Crippen molar-refractivity contribution >= 4 is 73.9 Å². The minimum Gasteiger partial charge on any atom is -0.352 e. The van der Waals surface area contributed by atoms with Crippen molar-refractivity contribution in [3.05, 3.63) is 128 Å². The maximum atomic E-state index is 14.8. The second kappa shape index (κ2) is 16.6. The van der Waals surface area contributed by atoms with Gasteiger partial charge in [-0.25, -0.2) is 8.42 Å². The average Bonchev–Trinajstić information content (AvgIpc) is 3.08. The number of hydrogen-bond acceptors (Lipinski definition) is 4. The number of hydrogen-bond donors (Lipinski definition) is 1. The summed E-state index contributed by atoms with van der Waals surface area (Å²) < 4.78 is 29.6. The molecule has 1 aliphatic carbocycles. The summed E-state index contributed by atoms with van der Waals surface area (Å²) in [6.45, 7) is 1.08. The van der Waals surface area contributed by atoms with E-state index in [0.29, 0.717) is 15.6 Å². The van der Waals surface area contributed by atoms with Gasteiger partial charge in [-0.05, 0) is 73.4 Å². The summed E-state index contributed by atoms with van der Waals surface area (Å²) in [5.41, 5.74) is 2.25. The molecule has 12 heteroatoms. The van der Waals surface area contributed by atoms with E-state index in [0.717, 1.165) is 47.5 Å². The lowest BCUT2D eigenvalue weighted by Crippen LogP contribution is -2.55. The van der Waals surface area contributed by atoms with Gasteiger partial charge < -0.3 is 10.2 Å². The highest BCUT2D eigenvalue weighted by atomic mass is 35.5. The molecule has 0 aliphatic heterocycles. The zero-order valence-electron chi connectivity index (χ0n) is 26.9. The summed E-state index contributed by atoms with van der Waals surface area (Å²) in [5, 5.41) is 4.22. The van der Waals surface area contributed by atoms with Crippen molar-refractivity contribution in [2.45, 2.75) is 69.0 Å². The van der Waals surface area contributed by atoms with E-state index in [4.69, 9.17) is 46.4 Å². The molecule has 0 radical (unpaired) electrons. The van der Waals surface area contributed by atoms with Crippen molar-refractivity contribution in [1.29, 1.82) is 0 Å². The molecule has 0 heterocycles. The first kappa shape index (κ1) is 37.0. The number of nitrogens with one attached hydrogen (secondary N) is 1. The lowest BCUT2D eigenvalue weighted by Gasteiger charge is -2.35. The van der Waals surface area contributed by atoms with Gasteiger partial charge >= 0.3 is 0 Å². The number of anilines is 1. The second-order valence-corrected chi connectivity index (χ2v) is 15.8. The summed E-state index contributed by atoms with van der Waals surface area (Å²) >= 11 is 25.7. The molecule has 1 N–H and O–H groups in total. The first-order chi connectivity index (χ1) is 23.4. The normalized spacial score (nSPS) is 14.2. The summed E-state index contributed by atoms with van der Waals surface area (Å²) in [7, 11) is -4.35. The molecule has 49 heavy (non-hydrogen) atoms. The summed E-state index contributed by atoms with van der Waals surface area (Å²) in [6.07, 6.45) is 4.98. The van der Waals surface area contributed by atoms with Crippen LogP contribution in [0.1, 0.15) is 48.8 Å². The minimum absolute atomic E-state index is 0.0267. The van der Waals surface area contributed by atoms with Crippen LogP contribution in [0.3, 0.4) is 0 Å². The highest BCUT2D eigenvalue weighted by molar-refractivity contribution is 7.92. The molecule has 1 fully saturated rings. The maximum absolute atomic E-state index is 14.8. The largest absolute Gasteiger partial charge is 0.352 e. The van der Waals surface area contributed by atoms with Crippen molar-refractivity contribution in [2.75, 3.05) is 10.8 Å². The van der Waals surface area contributed by atoms with E-state index in [1.165, 1.54) is 35.2 Å². The number of rotatable bonds is 12. The fourth-order valence-electron chi connectivity index (χ4n) is 5.96. The Kier molecular flexibility index (Phi) is 12.6. The topological polar surface area (TPSA) is 86.8 Å². The number of benzene rings is 4. The molecule has 1 saturated carbocycles. The lowest BCUT2D eigenvalue weighted by molar-refractivity contribution is -0.140. The van der Waals surface area contributed by atoms with Gasteiger partial charge in [-0.15, -0.1) is 0 Å². The van der Waals surface area contributed by atoms with E-state index in [1.807, 2.05) is 37.3 Å². The van der Waals surface area contributed by atoms with Crippen molar-refractivity contribution < 1.29 is 18.0 Å². The number of amides is 2. The number of aryl methyl sites for hydroxylation is 1. The van der Waals surface area contributed by atoms with E-state index in [2.05, 4.69) is 5.32 Å². The maximum Gasteiger partial charge on any atom is 0.264 e. The Hall–Kier alpha value is -3.27. The van der Waals surface area contributed by atoms with Gasteiger partial charge in [0.05, 0.1) is 15.6 Å². The van der Waals surface area contributed by atoms with Crippen LogP contribution < -0.4 is 9.62 Å². The molecule has 0 spiro atoms. The Morgan fingerprint density at radius 1 is 0.816 bits per heavy atom. The first-order valence-corrected chi connectivity index (χ1v) is 19.0. The molecule has 4 aromatic carbocycles. The van der Waals surface area contributed by atoms with E-state index in [1.54, 1.807) is 30.3 Å². The van der Waals surface area contributed by atoms with Gasteiger partial charge in [-0.3, -0.25) is 13.9 Å². The fraction of sp³-hybridized carbons (Fsp3) is 0.297. The van der Waals surface area contributed by atoms with Crippen molar-refractivity contribution in [3.8, 4) is 0 Å². The Morgan fingerprint density at radius 3 is 2.14 bits per heavy atom. The van der Waals surface area contributed by atoms with Crippen LogP contribution >= 0.6 is 46.4 Å². The molecule has 4 aromatic rings. The van der Waals surface area contributed by atoms with Crippen LogP contribution in [0.2, 0.25) is 20.1 Å². The average molecular weight is 762 g/mol. The third-order valence-corrected chi connectivity index (χ3v) is 11.6. The number of carbonyl (C=O) groups excluding carboxylic acids is 2. The predicted octanol–water partition coefficient (Wildman–Crippen LogP) is 8.89. The minimum atomic E-state index is -4.35. The molecule has 258 valence electrons. The van der Waals surface area contributed by atoms with E-state index in [-0.39, 0.29) is 45.5 Å². The predicted molar refractivity (Wildman–Crippen MR) is 198 cm³/mol. The Labute approximate surface area is 308 Å². The molecule has 2 amide bonds. The summed E-state index contributed by atoms with van der Waals surface area (Å²) in [4.78, 5) is 30.4. The molecule has 0 aromatic heterocycles. The zero-order valence-corrected chi connectivity index (χ0v) is 30.8. The molecule has 1 unspecified atom stereocenters. The van der Waals surface area contributed by atoms with Gasteiger partial charge in [0, 0.05) is 34.1 Å². The lowest BCUT2D eigenvalue weighted by atomic mass is 9.94. The fourth-order valence-corrected chi connectivity index (χ4v) is 8.29. The highest BCUT2D eigenvalue weighted by Gasteiger charge is 2.36.